The number of nitrogens with zero attached hydrogens (tertiary/aromatic N) is 1. The summed E-state index contributed by atoms with van der Waals surface area (Å²) in [5.41, 5.74) is 2.74. The van der Waals surface area contributed by atoms with Gasteiger partial charge in [0.15, 0.2) is 0 Å². The molecule has 0 unspecified atom stereocenters. The van der Waals surface area contributed by atoms with Crippen molar-refractivity contribution in [3.63, 3.8) is 0 Å². The predicted octanol–water partition coefficient (Wildman–Crippen LogP) is 4.43. The minimum absolute atomic E-state index is 0.124. The first-order valence-electron chi connectivity index (χ1n) is 10.4. The van der Waals surface area contributed by atoms with Gasteiger partial charge in [0.25, 0.3) is 5.91 Å². The van der Waals surface area contributed by atoms with Gasteiger partial charge >= 0.3 is 0 Å². The van der Waals surface area contributed by atoms with E-state index in [9.17, 15) is 14.4 Å². The lowest BCUT2D eigenvalue weighted by atomic mass is 9.76. The van der Waals surface area contributed by atoms with Crippen LogP contribution in [-0.2, 0) is 16.0 Å². The number of rotatable bonds is 4. The van der Waals surface area contributed by atoms with Crippen LogP contribution < -0.4 is 10.2 Å². The molecule has 0 radical (unpaired) electrons. The highest BCUT2D eigenvalue weighted by atomic mass is 16.2. The molecule has 1 aliphatic heterocycles. The quantitative estimate of drug-likeness (QED) is 0.786. The van der Waals surface area contributed by atoms with Crippen molar-refractivity contribution in [3.05, 3.63) is 59.7 Å². The monoisotopic (exact) mass is 390 g/mol. The van der Waals surface area contributed by atoms with Crippen LogP contribution in [0.2, 0.25) is 0 Å². The summed E-state index contributed by atoms with van der Waals surface area (Å²) in [5, 5.41) is 2.95. The van der Waals surface area contributed by atoms with Gasteiger partial charge < -0.3 is 5.32 Å². The Hall–Kier alpha value is -2.95. The van der Waals surface area contributed by atoms with Crippen LogP contribution in [-0.4, -0.2) is 17.7 Å². The molecule has 29 heavy (non-hydrogen) atoms. The average molecular weight is 390 g/mol. The van der Waals surface area contributed by atoms with Crippen LogP contribution in [0.3, 0.4) is 0 Å². The number of amides is 3. The van der Waals surface area contributed by atoms with Crippen molar-refractivity contribution in [1.29, 1.82) is 0 Å². The van der Waals surface area contributed by atoms with Gasteiger partial charge in [-0.15, -0.1) is 0 Å². The second kappa shape index (κ2) is 7.82. The van der Waals surface area contributed by atoms with Crippen molar-refractivity contribution < 1.29 is 14.4 Å². The standard InChI is InChI=1S/C24H26N2O3/c1-3-16-7-4-5-10-21(16)25-22(27)17-8-6-9-18(14-17)26-23(28)19-12-11-15(2)13-20(19)24(26)29/h4-10,14-15,19-20H,3,11-13H2,1-2H3,(H,25,27)/t15-,19-,20+/m1/s1. The number of hydrogen-bond donors (Lipinski definition) is 1. The van der Waals surface area contributed by atoms with Crippen molar-refractivity contribution in [1.82, 2.24) is 0 Å². The Morgan fingerprint density at radius 1 is 1.03 bits per heavy atom. The van der Waals surface area contributed by atoms with Gasteiger partial charge in [0.05, 0.1) is 17.5 Å². The number of hydrogen-bond acceptors (Lipinski definition) is 3. The number of nitrogens with one attached hydrogen (secondary N) is 1. The summed E-state index contributed by atoms with van der Waals surface area (Å²) in [6.07, 6.45) is 3.32. The lowest BCUT2D eigenvalue weighted by Crippen LogP contribution is -2.31. The molecule has 1 saturated heterocycles. The van der Waals surface area contributed by atoms with Crippen LogP contribution in [0.25, 0.3) is 0 Å². The SMILES string of the molecule is CCc1ccccc1NC(=O)c1cccc(N2C(=O)[C@H]3C[C@H](C)CC[C@H]3C2=O)c1. The molecule has 3 atom stereocenters. The number of fused-ring (bicyclic) bond motifs is 1. The Kier molecular flexibility index (Phi) is 5.22. The highest BCUT2D eigenvalue weighted by Crippen LogP contribution is 2.42. The fourth-order valence-electron chi connectivity index (χ4n) is 4.58. The molecule has 0 bridgehead atoms. The third-order valence-corrected chi connectivity index (χ3v) is 6.20. The lowest BCUT2D eigenvalue weighted by molar-refractivity contribution is -0.122. The maximum absolute atomic E-state index is 13.0. The summed E-state index contributed by atoms with van der Waals surface area (Å²) in [6.45, 7) is 4.17. The van der Waals surface area contributed by atoms with Gasteiger partial charge in [-0.1, -0.05) is 38.1 Å². The van der Waals surface area contributed by atoms with Crippen molar-refractivity contribution in [2.45, 2.75) is 39.5 Å². The Morgan fingerprint density at radius 2 is 1.79 bits per heavy atom. The molecule has 2 aliphatic rings. The molecule has 2 fully saturated rings. The minimum Gasteiger partial charge on any atom is -0.322 e. The fourth-order valence-corrected chi connectivity index (χ4v) is 4.58. The zero-order chi connectivity index (χ0) is 20.5. The maximum Gasteiger partial charge on any atom is 0.255 e. The van der Waals surface area contributed by atoms with Crippen LogP contribution in [0.5, 0.6) is 0 Å². The van der Waals surface area contributed by atoms with Gasteiger partial charge in [0, 0.05) is 11.3 Å². The summed E-state index contributed by atoms with van der Waals surface area (Å²) in [7, 11) is 0. The van der Waals surface area contributed by atoms with Crippen LogP contribution in [0, 0.1) is 17.8 Å². The molecule has 2 aromatic carbocycles. The number of aryl methyl sites for hydroxylation is 1. The van der Waals surface area contributed by atoms with Gasteiger partial charge in [0.2, 0.25) is 11.8 Å². The van der Waals surface area contributed by atoms with Gasteiger partial charge in [-0.05, 0) is 61.4 Å². The van der Waals surface area contributed by atoms with E-state index in [2.05, 4.69) is 12.2 Å². The van der Waals surface area contributed by atoms with E-state index in [0.717, 1.165) is 36.9 Å². The summed E-state index contributed by atoms with van der Waals surface area (Å²) >= 11 is 0. The topological polar surface area (TPSA) is 66.5 Å². The molecule has 1 N–H and O–H groups in total. The van der Waals surface area contributed by atoms with E-state index in [4.69, 9.17) is 0 Å². The summed E-state index contributed by atoms with van der Waals surface area (Å²) < 4.78 is 0. The van der Waals surface area contributed by atoms with Crippen molar-refractivity contribution in [3.8, 4) is 0 Å². The summed E-state index contributed by atoms with van der Waals surface area (Å²) in [6, 6.07) is 14.5. The number of carbonyl (C=O) groups is 3. The van der Waals surface area contributed by atoms with Gasteiger partial charge in [0.1, 0.15) is 0 Å². The maximum atomic E-state index is 13.0. The molecule has 1 heterocycles. The van der Waals surface area contributed by atoms with E-state index < -0.39 is 0 Å². The first-order valence-corrected chi connectivity index (χ1v) is 10.4. The molecule has 5 heteroatoms. The smallest absolute Gasteiger partial charge is 0.255 e. The van der Waals surface area contributed by atoms with Crippen LogP contribution in [0.4, 0.5) is 11.4 Å². The van der Waals surface area contributed by atoms with Crippen LogP contribution in [0.1, 0.15) is 49.0 Å². The van der Waals surface area contributed by atoms with E-state index in [-0.39, 0.29) is 29.6 Å². The summed E-state index contributed by atoms with van der Waals surface area (Å²) in [4.78, 5) is 40.0. The molecule has 5 nitrogen and oxygen atoms in total. The molecule has 4 rings (SSSR count). The van der Waals surface area contributed by atoms with Crippen molar-refractivity contribution in [2.75, 3.05) is 10.2 Å². The number of benzene rings is 2. The molecule has 0 spiro atoms. The third-order valence-electron chi connectivity index (χ3n) is 6.20. The number of imide groups is 1. The normalized spacial score (nSPS) is 23.8. The van der Waals surface area contributed by atoms with E-state index in [1.165, 1.54) is 4.90 Å². The Labute approximate surface area is 171 Å². The Morgan fingerprint density at radius 3 is 2.59 bits per heavy atom. The second-order valence-electron chi connectivity index (χ2n) is 8.16. The number of anilines is 2. The van der Waals surface area contributed by atoms with E-state index >= 15 is 0 Å². The van der Waals surface area contributed by atoms with Gasteiger partial charge in [-0.2, -0.15) is 0 Å². The zero-order valence-electron chi connectivity index (χ0n) is 16.9. The molecular weight excluding hydrogens is 364 g/mol. The van der Waals surface area contributed by atoms with E-state index in [1.807, 2.05) is 31.2 Å². The average Bonchev–Trinajstić information content (AvgIpc) is 2.98. The minimum atomic E-state index is -0.252. The fraction of sp³-hybridized carbons (Fsp3) is 0.375. The predicted molar refractivity (Wildman–Crippen MR) is 113 cm³/mol. The largest absolute Gasteiger partial charge is 0.322 e. The van der Waals surface area contributed by atoms with Crippen molar-refractivity contribution >= 4 is 29.1 Å². The van der Waals surface area contributed by atoms with E-state index in [1.54, 1.807) is 24.3 Å². The highest BCUT2D eigenvalue weighted by molar-refractivity contribution is 6.22. The molecular formula is C24H26N2O3. The second-order valence-corrected chi connectivity index (χ2v) is 8.16. The van der Waals surface area contributed by atoms with Gasteiger partial charge in [-0.25, -0.2) is 0 Å². The van der Waals surface area contributed by atoms with Gasteiger partial charge in [-0.3, -0.25) is 19.3 Å². The first-order chi connectivity index (χ1) is 14.0. The highest BCUT2D eigenvalue weighted by Gasteiger charge is 2.50. The molecule has 2 aromatic rings. The number of para-hydroxylation sites is 1. The van der Waals surface area contributed by atoms with Crippen LogP contribution in [0.15, 0.2) is 48.5 Å². The Balaban J connectivity index is 1.58. The van der Waals surface area contributed by atoms with Crippen LogP contribution >= 0.6 is 0 Å². The van der Waals surface area contributed by atoms with E-state index in [0.29, 0.717) is 17.2 Å². The first kappa shape index (κ1) is 19.4. The summed E-state index contributed by atoms with van der Waals surface area (Å²) in [5.74, 6) is -0.476. The molecule has 3 amide bonds. The molecule has 0 aromatic heterocycles. The number of carbonyl (C=O) groups excluding carboxylic acids is 3. The molecule has 1 aliphatic carbocycles. The molecule has 1 saturated carbocycles. The molecule has 150 valence electrons. The third kappa shape index (κ3) is 3.57. The zero-order valence-corrected chi connectivity index (χ0v) is 16.9. The lowest BCUT2D eigenvalue weighted by Gasteiger charge is -2.25. The Bertz CT molecular complexity index is 968. The van der Waals surface area contributed by atoms with Crippen molar-refractivity contribution in [2.24, 2.45) is 17.8 Å².